The van der Waals surface area contributed by atoms with E-state index in [0.717, 1.165) is 44.1 Å². The minimum Gasteiger partial charge on any atom is -0.287 e. The van der Waals surface area contributed by atoms with Crippen LogP contribution in [0, 0.1) is 5.82 Å². The summed E-state index contributed by atoms with van der Waals surface area (Å²) in [5.74, 6) is -2.85. The molecule has 2 saturated carbocycles. The van der Waals surface area contributed by atoms with Gasteiger partial charge in [0.25, 0.3) is 0 Å². The van der Waals surface area contributed by atoms with Crippen molar-refractivity contribution in [1.29, 1.82) is 0 Å². The van der Waals surface area contributed by atoms with E-state index < -0.39 is 79.5 Å². The Labute approximate surface area is 426 Å². The number of hydrogen-bond acceptors (Lipinski definition) is 12. The lowest BCUT2D eigenvalue weighted by molar-refractivity contribution is 0.102. The van der Waals surface area contributed by atoms with Crippen LogP contribution in [0.15, 0.2) is 82.6 Å². The monoisotopic (exact) mass is 1080 g/mol. The third kappa shape index (κ3) is 12.0. The van der Waals surface area contributed by atoms with Crippen molar-refractivity contribution in [2.24, 2.45) is 0 Å². The van der Waals surface area contributed by atoms with Gasteiger partial charge in [0.2, 0.25) is 51.7 Å². The van der Waals surface area contributed by atoms with Crippen LogP contribution in [0.4, 0.5) is 15.8 Å². The van der Waals surface area contributed by atoms with Gasteiger partial charge in [-0.25, -0.2) is 47.5 Å². The number of carbonyl (C=O) groups excluding carboxylic acids is 2. The molecule has 0 radical (unpaired) electrons. The van der Waals surface area contributed by atoms with E-state index in [-0.39, 0.29) is 50.8 Å². The van der Waals surface area contributed by atoms with Gasteiger partial charge in [-0.1, -0.05) is 19.3 Å². The minimum atomic E-state index is -4.42. The highest BCUT2D eigenvalue weighted by Crippen LogP contribution is 2.42. The minimum absolute atomic E-state index is 0.0491. The molecule has 2 fully saturated rings. The molecular weight excluding hydrogens is 1020 g/mol. The molecule has 0 bridgehead atoms. The second kappa shape index (κ2) is 19.6. The normalized spacial score (nSPS) is 17.6. The summed E-state index contributed by atoms with van der Waals surface area (Å²) in [6.45, 7) is 11.4. The molecule has 2 aromatic heterocycles. The topological polar surface area (TPSA) is 254 Å². The molecule has 8 rings (SSSR count). The van der Waals surface area contributed by atoms with E-state index >= 15 is 4.39 Å². The second-order valence-electron chi connectivity index (χ2n) is 21.2. The van der Waals surface area contributed by atoms with Crippen LogP contribution in [0.2, 0.25) is 0 Å². The van der Waals surface area contributed by atoms with E-state index in [2.05, 4.69) is 18.9 Å². The Balaban J connectivity index is 1.22. The Kier molecular flexibility index (Phi) is 14.4. The van der Waals surface area contributed by atoms with Crippen LogP contribution in [0.25, 0.3) is 21.8 Å². The third-order valence-electron chi connectivity index (χ3n) is 12.8. The predicted molar refractivity (Wildman–Crippen MR) is 279 cm³/mol. The molecule has 18 nitrogen and oxygen atoms in total. The number of carbonyl (C=O) groups is 2. The average molecular weight is 1080 g/mol. The molecule has 0 aliphatic heterocycles. The molecule has 6 aromatic rings. The van der Waals surface area contributed by atoms with Crippen molar-refractivity contribution >= 4 is 84.8 Å². The third-order valence-corrected chi connectivity index (χ3v) is 18.2. The first-order valence-corrected chi connectivity index (χ1v) is 30.6. The molecule has 2 heterocycles. The molecule has 2 atom stereocenters. The largest absolute Gasteiger partial charge is 0.287 e. The lowest BCUT2D eigenvalue weighted by Crippen LogP contribution is -2.40. The summed E-state index contributed by atoms with van der Waals surface area (Å²) in [6.07, 6.45) is 6.51. The number of anilines is 2. The molecule has 23 heteroatoms. The molecule has 0 amide bonds. The van der Waals surface area contributed by atoms with Crippen molar-refractivity contribution in [1.82, 2.24) is 29.0 Å². The zero-order valence-electron chi connectivity index (χ0n) is 41.9. The Morgan fingerprint density at radius 1 is 0.630 bits per heavy atom. The molecule has 2 aliphatic carbocycles. The van der Waals surface area contributed by atoms with E-state index in [0.29, 0.717) is 58.7 Å². The number of nitrogens with one attached hydrogen (secondary N) is 4. The number of sulfonamides is 4. The molecular formula is C50H61FN8O10S4. The van der Waals surface area contributed by atoms with Gasteiger partial charge in [-0.3, -0.25) is 28.4 Å². The summed E-state index contributed by atoms with van der Waals surface area (Å²) >= 11 is 0. The Morgan fingerprint density at radius 2 is 1.16 bits per heavy atom. The maximum Gasteiger partial charge on any atom is 0.243 e. The van der Waals surface area contributed by atoms with Gasteiger partial charge in [-0.2, -0.15) is 10.2 Å². The standard InChI is InChI=1S/C50H61FN8O10S4/c1-9-71(64,65)55-35-19-21-39-42(29-35)58(36-14-10-11-15-36)52-46(39)48(61)33-23-32(25-38(26-33)72(66,67)56-49(2,3)4)30-13-12-16-37(24-30)59-43-28-34(54-70(8,62)63)18-20-40(43)45(53-59)47(60)31-17-22-41(51)44(27-31)73(68,69)57-50(5,6)7/h17-23,25-30,36-37,54-57H,9-16,24H2,1-8H3. The second-order valence-corrected chi connectivity index (χ2v) is 28.3. The fraction of sp³-hybridized carbons (Fsp3) is 0.440. The van der Waals surface area contributed by atoms with Gasteiger partial charge in [-0.05, 0) is 165 Å². The van der Waals surface area contributed by atoms with Crippen LogP contribution in [0.5, 0.6) is 0 Å². The molecule has 0 saturated heterocycles. The average Bonchev–Trinajstić information content (AvgIpc) is 4.04. The summed E-state index contributed by atoms with van der Waals surface area (Å²) in [4.78, 5) is 28.6. The highest BCUT2D eigenvalue weighted by Gasteiger charge is 2.34. The number of nitrogens with zero attached hydrogens (tertiary/aromatic N) is 4. The number of ketones is 2. The van der Waals surface area contributed by atoms with Crippen molar-refractivity contribution in [3.63, 3.8) is 0 Å². The fourth-order valence-electron chi connectivity index (χ4n) is 9.78. The predicted octanol–water partition coefficient (Wildman–Crippen LogP) is 8.29. The molecule has 4 aromatic carbocycles. The first-order chi connectivity index (χ1) is 33.9. The number of benzene rings is 4. The molecule has 392 valence electrons. The van der Waals surface area contributed by atoms with Crippen molar-refractivity contribution in [3.8, 4) is 0 Å². The number of hydrogen-bond donors (Lipinski definition) is 4. The highest BCUT2D eigenvalue weighted by molar-refractivity contribution is 7.92. The van der Waals surface area contributed by atoms with Crippen LogP contribution < -0.4 is 18.9 Å². The zero-order chi connectivity index (χ0) is 53.2. The summed E-state index contributed by atoms with van der Waals surface area (Å²) < 4.78 is 134. The van der Waals surface area contributed by atoms with Gasteiger partial charge in [0.05, 0.1) is 51.4 Å². The van der Waals surface area contributed by atoms with Gasteiger partial charge in [0, 0.05) is 33.0 Å². The number of halogens is 1. The fourth-order valence-corrected chi connectivity index (χ4v) is 14.0. The first-order valence-electron chi connectivity index (χ1n) is 24.1. The van der Waals surface area contributed by atoms with E-state index in [4.69, 9.17) is 10.2 Å². The van der Waals surface area contributed by atoms with E-state index in [9.17, 15) is 43.3 Å². The maximum atomic E-state index is 15.2. The molecule has 0 spiro atoms. The Morgan fingerprint density at radius 3 is 1.73 bits per heavy atom. The highest BCUT2D eigenvalue weighted by atomic mass is 32.2. The van der Waals surface area contributed by atoms with E-state index in [1.807, 2.05) is 0 Å². The number of aromatic nitrogens is 4. The number of rotatable bonds is 16. The lowest BCUT2D eigenvalue weighted by Gasteiger charge is -2.31. The van der Waals surface area contributed by atoms with Crippen molar-refractivity contribution in [3.05, 3.63) is 107 Å². The van der Waals surface area contributed by atoms with E-state index in [1.54, 1.807) is 81.2 Å². The number of fused-ring (bicyclic) bond motifs is 2. The van der Waals surface area contributed by atoms with Crippen LogP contribution in [0.3, 0.4) is 0 Å². The summed E-state index contributed by atoms with van der Waals surface area (Å²) in [6, 6.07) is 16.5. The van der Waals surface area contributed by atoms with Gasteiger partial charge in [-0.15, -0.1) is 0 Å². The van der Waals surface area contributed by atoms with Gasteiger partial charge in [0.1, 0.15) is 22.1 Å². The maximum absolute atomic E-state index is 15.2. The summed E-state index contributed by atoms with van der Waals surface area (Å²) in [5, 5.41) is 10.5. The Bertz CT molecular complexity index is 3650. The van der Waals surface area contributed by atoms with Gasteiger partial charge < -0.3 is 0 Å². The molecule has 2 aliphatic rings. The van der Waals surface area contributed by atoms with Crippen molar-refractivity contribution < 1.29 is 47.7 Å². The van der Waals surface area contributed by atoms with E-state index in [1.165, 1.54) is 37.3 Å². The molecule has 4 N–H and O–H groups in total. The van der Waals surface area contributed by atoms with Crippen LogP contribution >= 0.6 is 0 Å². The van der Waals surface area contributed by atoms with Crippen LogP contribution in [-0.2, 0) is 40.1 Å². The SMILES string of the molecule is CCS(=O)(=O)Nc1ccc2c(C(=O)c3cc(C4CCCC(n5nc(C(=O)c6ccc(F)c(S(=O)(=O)NC(C)(C)C)c6)c6ccc(NS(C)(=O)=O)cc65)C4)cc(S(=O)(=O)NC(C)(C)C)c3)nn(C3CCCC3)c2c1. The molecule has 73 heavy (non-hydrogen) atoms. The smallest absolute Gasteiger partial charge is 0.243 e. The van der Waals surface area contributed by atoms with Gasteiger partial charge >= 0.3 is 0 Å². The van der Waals surface area contributed by atoms with Crippen molar-refractivity contribution in [2.75, 3.05) is 21.5 Å². The molecule has 2 unspecified atom stereocenters. The Hall–Kier alpha value is -5.59. The van der Waals surface area contributed by atoms with Crippen LogP contribution in [0.1, 0.15) is 156 Å². The first kappa shape index (κ1) is 53.7. The lowest BCUT2D eigenvalue weighted by atomic mass is 9.80. The zero-order valence-corrected chi connectivity index (χ0v) is 45.2. The van der Waals surface area contributed by atoms with Crippen molar-refractivity contribution in [2.45, 2.75) is 139 Å². The quantitative estimate of drug-likeness (QED) is 0.0668. The van der Waals surface area contributed by atoms with Gasteiger partial charge in [0.15, 0.2) is 0 Å². The summed E-state index contributed by atoms with van der Waals surface area (Å²) in [5.41, 5.74) is -0.0253. The summed E-state index contributed by atoms with van der Waals surface area (Å²) in [7, 11) is -16.0. The van der Waals surface area contributed by atoms with Crippen LogP contribution in [-0.4, -0.2) is 87.9 Å².